The summed E-state index contributed by atoms with van der Waals surface area (Å²) in [6.45, 7) is 2.40. The predicted octanol–water partition coefficient (Wildman–Crippen LogP) is 15.7. The number of fused-ring (bicyclic) bond motifs is 7. The third kappa shape index (κ3) is 5.28. The fourth-order valence-corrected chi connectivity index (χ4v) is 11.0. The van der Waals surface area contributed by atoms with Gasteiger partial charge in [-0.3, -0.25) is 0 Å². The Balaban J connectivity index is 1.08. The number of hydrogen-bond donors (Lipinski definition) is 0. The zero-order valence-electron chi connectivity index (χ0n) is 34.5. The molecule has 0 amide bonds. The summed E-state index contributed by atoms with van der Waals surface area (Å²) >= 11 is 0. The first kappa shape index (κ1) is 36.1. The van der Waals surface area contributed by atoms with Crippen molar-refractivity contribution < 1.29 is 0 Å². The van der Waals surface area contributed by atoms with Gasteiger partial charge in [0.2, 0.25) is 0 Å². The lowest BCUT2D eigenvalue weighted by Crippen LogP contribution is -2.28. The number of benzene rings is 10. The van der Waals surface area contributed by atoms with Crippen LogP contribution in [-0.2, 0) is 10.8 Å². The first-order valence-corrected chi connectivity index (χ1v) is 21.7. The van der Waals surface area contributed by atoms with Crippen LogP contribution in [0.15, 0.2) is 243 Å². The summed E-state index contributed by atoms with van der Waals surface area (Å²) in [5.41, 5.74) is 19.2. The monoisotopic (exact) mass is 789 g/mol. The van der Waals surface area contributed by atoms with Crippen molar-refractivity contribution in [3.8, 4) is 33.4 Å². The van der Waals surface area contributed by atoms with Gasteiger partial charge in [0.15, 0.2) is 0 Å². The normalized spacial score (nSPS) is 15.4. The van der Waals surface area contributed by atoms with Gasteiger partial charge in [-0.15, -0.1) is 0 Å². The Morgan fingerprint density at radius 2 is 0.790 bits per heavy atom. The molecule has 2 aliphatic carbocycles. The highest BCUT2D eigenvalue weighted by Crippen LogP contribution is 2.58. The lowest BCUT2D eigenvalue weighted by Gasteiger charge is -2.34. The maximum absolute atomic E-state index is 2.47. The highest BCUT2D eigenvalue weighted by atomic mass is 15.1. The van der Waals surface area contributed by atoms with Crippen molar-refractivity contribution in [1.82, 2.24) is 0 Å². The van der Waals surface area contributed by atoms with Crippen molar-refractivity contribution in [1.29, 1.82) is 0 Å². The molecule has 292 valence electrons. The average Bonchev–Trinajstić information content (AvgIpc) is 3.79. The molecule has 1 unspecified atom stereocenters. The summed E-state index contributed by atoms with van der Waals surface area (Å²) in [5.74, 6) is 0. The van der Waals surface area contributed by atoms with Gasteiger partial charge in [-0.25, -0.2) is 0 Å². The Hall–Kier alpha value is -7.74. The number of nitrogens with zero attached hydrogens (tertiary/aromatic N) is 1. The van der Waals surface area contributed by atoms with Gasteiger partial charge in [0, 0.05) is 22.5 Å². The molecule has 0 heterocycles. The van der Waals surface area contributed by atoms with E-state index in [0.717, 1.165) is 17.1 Å². The van der Waals surface area contributed by atoms with Crippen molar-refractivity contribution in [2.45, 2.75) is 17.8 Å². The minimum absolute atomic E-state index is 0.324. The standard InChI is InChI=1S/C61H43N/c1-60(44-20-5-2-6-21-44)56-30-15-13-27-52(56)54-38-36-49(41-59(54)60)62(47-34-32-43(33-35-47)51-29-17-19-42-18-11-12-26-50(42)51)48-37-39-58-55(40-48)53-28-14-16-31-57(53)61(58,45-22-7-3-8-23-45)46-24-9-4-10-25-46/h2-41H,1H3. The van der Waals surface area contributed by atoms with E-state index >= 15 is 0 Å². The van der Waals surface area contributed by atoms with E-state index in [-0.39, 0.29) is 5.41 Å². The van der Waals surface area contributed by atoms with Crippen LogP contribution in [0.3, 0.4) is 0 Å². The molecule has 12 rings (SSSR count). The van der Waals surface area contributed by atoms with Crippen LogP contribution in [0.2, 0.25) is 0 Å². The summed E-state index contributed by atoms with van der Waals surface area (Å²) < 4.78 is 0. The van der Waals surface area contributed by atoms with E-state index in [0.29, 0.717) is 0 Å². The summed E-state index contributed by atoms with van der Waals surface area (Å²) in [4.78, 5) is 2.47. The molecule has 0 saturated carbocycles. The van der Waals surface area contributed by atoms with Gasteiger partial charge < -0.3 is 4.90 Å². The van der Waals surface area contributed by atoms with Crippen molar-refractivity contribution in [3.05, 3.63) is 282 Å². The average molecular weight is 790 g/mol. The molecule has 2 aliphatic rings. The Labute approximate surface area is 363 Å². The summed E-state index contributed by atoms with van der Waals surface area (Å²) in [6.07, 6.45) is 0. The third-order valence-electron chi connectivity index (χ3n) is 13.8. The zero-order chi connectivity index (χ0) is 41.3. The lowest BCUT2D eigenvalue weighted by molar-refractivity contribution is 0.714. The minimum atomic E-state index is -0.464. The van der Waals surface area contributed by atoms with Crippen molar-refractivity contribution >= 4 is 27.8 Å². The SMILES string of the molecule is CC1(c2ccccc2)c2ccccc2-c2ccc(N(c3ccc(-c4cccc5ccccc45)cc3)c3ccc4c(c3)-c3ccccc3C4(c3ccccc3)c3ccccc3)cc21. The van der Waals surface area contributed by atoms with Crippen LogP contribution in [0.5, 0.6) is 0 Å². The van der Waals surface area contributed by atoms with Gasteiger partial charge in [0.05, 0.1) is 5.41 Å². The lowest BCUT2D eigenvalue weighted by atomic mass is 9.68. The fourth-order valence-electron chi connectivity index (χ4n) is 11.0. The first-order chi connectivity index (χ1) is 30.6. The van der Waals surface area contributed by atoms with Crippen LogP contribution in [-0.4, -0.2) is 0 Å². The highest BCUT2D eigenvalue weighted by molar-refractivity contribution is 5.97. The minimum Gasteiger partial charge on any atom is -0.310 e. The maximum Gasteiger partial charge on any atom is 0.0713 e. The summed E-state index contributed by atoms with van der Waals surface area (Å²) in [7, 11) is 0. The Morgan fingerprint density at radius 1 is 0.306 bits per heavy atom. The van der Waals surface area contributed by atoms with E-state index < -0.39 is 5.41 Å². The molecule has 0 aliphatic heterocycles. The second-order valence-corrected chi connectivity index (χ2v) is 16.9. The Bertz CT molecular complexity index is 3250. The number of hydrogen-bond acceptors (Lipinski definition) is 1. The van der Waals surface area contributed by atoms with Crippen LogP contribution < -0.4 is 4.90 Å². The zero-order valence-corrected chi connectivity index (χ0v) is 34.5. The van der Waals surface area contributed by atoms with Crippen LogP contribution in [0.1, 0.15) is 45.9 Å². The Kier molecular flexibility index (Phi) is 8.27. The molecule has 10 aromatic carbocycles. The van der Waals surface area contributed by atoms with Gasteiger partial charge >= 0.3 is 0 Å². The van der Waals surface area contributed by atoms with Crippen LogP contribution >= 0.6 is 0 Å². The van der Waals surface area contributed by atoms with Crippen LogP contribution in [0.25, 0.3) is 44.2 Å². The molecule has 0 spiro atoms. The highest BCUT2D eigenvalue weighted by Gasteiger charge is 2.46. The summed E-state index contributed by atoms with van der Waals surface area (Å²) in [5, 5.41) is 2.51. The molecule has 0 radical (unpaired) electrons. The second-order valence-electron chi connectivity index (χ2n) is 16.9. The Morgan fingerprint density at radius 3 is 1.50 bits per heavy atom. The van der Waals surface area contributed by atoms with Crippen molar-refractivity contribution in [2.24, 2.45) is 0 Å². The maximum atomic E-state index is 2.47. The molecule has 0 saturated heterocycles. The molecule has 10 aromatic rings. The molecule has 0 aromatic heterocycles. The van der Waals surface area contributed by atoms with E-state index in [1.807, 2.05) is 0 Å². The number of rotatable bonds is 7. The van der Waals surface area contributed by atoms with Crippen LogP contribution in [0.4, 0.5) is 17.1 Å². The molecule has 1 heteroatoms. The third-order valence-corrected chi connectivity index (χ3v) is 13.8. The van der Waals surface area contributed by atoms with Crippen LogP contribution in [0, 0.1) is 0 Å². The predicted molar refractivity (Wildman–Crippen MR) is 259 cm³/mol. The van der Waals surface area contributed by atoms with E-state index in [2.05, 4.69) is 254 Å². The van der Waals surface area contributed by atoms with E-state index in [4.69, 9.17) is 0 Å². The quantitative estimate of drug-likeness (QED) is 0.155. The first-order valence-electron chi connectivity index (χ1n) is 21.7. The van der Waals surface area contributed by atoms with Gasteiger partial charge in [0.25, 0.3) is 0 Å². The van der Waals surface area contributed by atoms with Crippen molar-refractivity contribution in [3.63, 3.8) is 0 Å². The van der Waals surface area contributed by atoms with E-state index in [1.165, 1.54) is 83.1 Å². The van der Waals surface area contributed by atoms with Gasteiger partial charge in [-0.1, -0.05) is 206 Å². The molecule has 1 nitrogen and oxygen atoms in total. The second kappa shape index (κ2) is 14.2. The molecule has 0 fully saturated rings. The van der Waals surface area contributed by atoms with Gasteiger partial charge in [-0.05, 0) is 126 Å². The van der Waals surface area contributed by atoms with Gasteiger partial charge in [-0.2, -0.15) is 0 Å². The molecule has 0 bridgehead atoms. The molecular formula is C61H43N. The molecule has 62 heavy (non-hydrogen) atoms. The molecular weight excluding hydrogens is 747 g/mol. The van der Waals surface area contributed by atoms with E-state index in [9.17, 15) is 0 Å². The van der Waals surface area contributed by atoms with Gasteiger partial charge in [0.1, 0.15) is 0 Å². The molecule has 1 atom stereocenters. The fraction of sp³-hybridized carbons (Fsp3) is 0.0492. The largest absolute Gasteiger partial charge is 0.310 e. The van der Waals surface area contributed by atoms with Crippen molar-refractivity contribution in [2.75, 3.05) is 4.90 Å². The van der Waals surface area contributed by atoms with E-state index in [1.54, 1.807) is 0 Å². The smallest absolute Gasteiger partial charge is 0.0713 e. The molecule has 0 N–H and O–H groups in total. The number of anilines is 3. The topological polar surface area (TPSA) is 3.24 Å². The summed E-state index contributed by atoms with van der Waals surface area (Å²) in [6, 6.07) is 89.9.